The minimum atomic E-state index is -3.77. The predicted molar refractivity (Wildman–Crippen MR) is 81.0 cm³/mol. The van der Waals surface area contributed by atoms with Gasteiger partial charge in [-0.2, -0.15) is 0 Å². The van der Waals surface area contributed by atoms with Gasteiger partial charge in [-0.25, -0.2) is 13.4 Å². The van der Waals surface area contributed by atoms with Crippen LogP contribution >= 0.6 is 11.6 Å². The van der Waals surface area contributed by atoms with E-state index in [1.54, 1.807) is 0 Å². The number of hydrogen-bond acceptors (Lipinski definition) is 4. The third-order valence-corrected chi connectivity index (χ3v) is 4.29. The molecule has 0 aliphatic carbocycles. The zero-order chi connectivity index (χ0) is 15.5. The maximum Gasteiger partial charge on any atom is 0.262 e. The van der Waals surface area contributed by atoms with Gasteiger partial charge in [0, 0.05) is 25.0 Å². The third kappa shape index (κ3) is 3.83. The summed E-state index contributed by atoms with van der Waals surface area (Å²) < 4.78 is 28.3. The molecule has 112 valence electrons. The Balaban J connectivity index is 2.33. The minimum absolute atomic E-state index is 0.00995. The lowest BCUT2D eigenvalue weighted by Crippen LogP contribution is -2.20. The first-order valence-corrected chi connectivity index (χ1v) is 8.13. The van der Waals surface area contributed by atoms with Gasteiger partial charge in [-0.1, -0.05) is 18.5 Å². The van der Waals surface area contributed by atoms with Crippen molar-refractivity contribution in [3.8, 4) is 0 Å². The van der Waals surface area contributed by atoms with Crippen LogP contribution in [0.15, 0.2) is 46.3 Å². The van der Waals surface area contributed by atoms with Crippen LogP contribution in [0.3, 0.4) is 0 Å². The first-order valence-electron chi connectivity index (χ1n) is 6.27. The van der Waals surface area contributed by atoms with Crippen molar-refractivity contribution in [2.24, 2.45) is 0 Å². The van der Waals surface area contributed by atoms with Gasteiger partial charge in [0.1, 0.15) is 5.15 Å². The molecule has 8 heteroatoms. The molecule has 0 amide bonds. The lowest BCUT2D eigenvalue weighted by molar-refractivity contribution is 0.600. The van der Waals surface area contributed by atoms with E-state index in [4.69, 9.17) is 11.6 Å². The molecule has 0 radical (unpaired) electrons. The fourth-order valence-electron chi connectivity index (χ4n) is 1.77. The molecule has 0 saturated heterocycles. The fourth-order valence-corrected chi connectivity index (χ4v) is 3.07. The Bertz CT molecular complexity index is 802. The SMILES string of the molecule is CCCn1cc(NS(=O)(=O)c2ccnc(Cl)c2)ccc1=O. The molecule has 21 heavy (non-hydrogen) atoms. The Morgan fingerprint density at radius 2 is 2.10 bits per heavy atom. The molecular formula is C13H14ClN3O3S. The lowest BCUT2D eigenvalue weighted by atomic mass is 10.4. The average molecular weight is 328 g/mol. The number of hydrogen-bond donors (Lipinski definition) is 1. The van der Waals surface area contributed by atoms with Crippen molar-refractivity contribution in [2.75, 3.05) is 4.72 Å². The second kappa shape index (κ2) is 6.28. The summed E-state index contributed by atoms with van der Waals surface area (Å²) >= 11 is 5.69. The number of pyridine rings is 2. The Morgan fingerprint density at radius 3 is 2.76 bits per heavy atom. The van der Waals surface area contributed by atoms with Crippen LogP contribution in [-0.2, 0) is 16.6 Å². The van der Waals surface area contributed by atoms with E-state index in [0.717, 1.165) is 6.42 Å². The Labute approximate surface area is 127 Å². The van der Waals surface area contributed by atoms with Crippen LogP contribution in [0.5, 0.6) is 0 Å². The number of nitrogens with one attached hydrogen (secondary N) is 1. The van der Waals surface area contributed by atoms with Crippen molar-refractivity contribution in [3.63, 3.8) is 0 Å². The second-order valence-corrected chi connectivity index (χ2v) is 6.44. The quantitative estimate of drug-likeness (QED) is 0.853. The second-order valence-electron chi connectivity index (χ2n) is 4.37. The molecule has 2 rings (SSSR count). The number of aromatic nitrogens is 2. The highest BCUT2D eigenvalue weighted by atomic mass is 35.5. The first kappa shape index (κ1) is 15.5. The minimum Gasteiger partial charge on any atom is -0.313 e. The summed E-state index contributed by atoms with van der Waals surface area (Å²) in [6, 6.07) is 5.35. The summed E-state index contributed by atoms with van der Waals surface area (Å²) in [7, 11) is -3.77. The highest BCUT2D eigenvalue weighted by molar-refractivity contribution is 7.92. The molecule has 2 aromatic heterocycles. The summed E-state index contributed by atoms with van der Waals surface area (Å²) in [5, 5.41) is 0.0915. The molecule has 0 fully saturated rings. The molecule has 0 unspecified atom stereocenters. The molecular weight excluding hydrogens is 314 g/mol. The van der Waals surface area contributed by atoms with Crippen molar-refractivity contribution in [2.45, 2.75) is 24.8 Å². The van der Waals surface area contributed by atoms with Gasteiger partial charge >= 0.3 is 0 Å². The van der Waals surface area contributed by atoms with Gasteiger partial charge in [0.25, 0.3) is 15.6 Å². The molecule has 2 heterocycles. The van der Waals surface area contributed by atoms with Gasteiger partial charge in [-0.15, -0.1) is 0 Å². The maximum atomic E-state index is 12.2. The van der Waals surface area contributed by atoms with Crippen molar-refractivity contribution in [3.05, 3.63) is 52.2 Å². The van der Waals surface area contributed by atoms with Gasteiger partial charge < -0.3 is 4.57 Å². The monoisotopic (exact) mass is 327 g/mol. The highest BCUT2D eigenvalue weighted by Crippen LogP contribution is 2.17. The van der Waals surface area contributed by atoms with Crippen LogP contribution in [0.25, 0.3) is 0 Å². The van der Waals surface area contributed by atoms with Gasteiger partial charge in [-0.3, -0.25) is 9.52 Å². The Kier molecular flexibility index (Phi) is 4.64. The van der Waals surface area contributed by atoms with E-state index in [1.807, 2.05) is 6.92 Å². The standard InChI is InChI=1S/C13H14ClN3O3S/c1-2-7-17-9-10(3-4-13(17)18)16-21(19,20)11-5-6-15-12(14)8-11/h3-6,8-9,16H,2,7H2,1H3. The zero-order valence-electron chi connectivity index (χ0n) is 11.3. The lowest BCUT2D eigenvalue weighted by Gasteiger charge is -2.10. The molecule has 2 aromatic rings. The van der Waals surface area contributed by atoms with E-state index in [0.29, 0.717) is 12.2 Å². The number of sulfonamides is 1. The predicted octanol–water partition coefficient (Wildman–Crippen LogP) is 2.11. The molecule has 6 nitrogen and oxygen atoms in total. The topological polar surface area (TPSA) is 81.1 Å². The van der Waals surface area contributed by atoms with Crippen molar-refractivity contribution in [1.82, 2.24) is 9.55 Å². The van der Waals surface area contributed by atoms with E-state index < -0.39 is 10.0 Å². The molecule has 0 aromatic carbocycles. The zero-order valence-corrected chi connectivity index (χ0v) is 12.9. The van der Waals surface area contributed by atoms with Gasteiger partial charge in [0.05, 0.1) is 10.6 Å². The van der Waals surface area contributed by atoms with Gasteiger partial charge in [0.15, 0.2) is 0 Å². The van der Waals surface area contributed by atoms with Crippen LogP contribution < -0.4 is 10.3 Å². The molecule has 0 spiro atoms. The smallest absolute Gasteiger partial charge is 0.262 e. The van der Waals surface area contributed by atoms with Crippen LogP contribution in [0.4, 0.5) is 5.69 Å². The van der Waals surface area contributed by atoms with E-state index in [-0.39, 0.29) is 15.6 Å². The summed E-state index contributed by atoms with van der Waals surface area (Å²) in [5.74, 6) is 0. The van der Waals surface area contributed by atoms with Gasteiger partial charge in [-0.05, 0) is 24.6 Å². The summed E-state index contributed by atoms with van der Waals surface area (Å²) in [5.41, 5.74) is 0.141. The first-order chi connectivity index (χ1) is 9.92. The van der Waals surface area contributed by atoms with Crippen LogP contribution in [0.2, 0.25) is 5.15 Å². The summed E-state index contributed by atoms with van der Waals surface area (Å²) in [4.78, 5) is 15.3. The Hall–Kier alpha value is -1.86. The molecule has 0 aliphatic heterocycles. The normalized spacial score (nSPS) is 11.3. The summed E-state index contributed by atoms with van der Waals surface area (Å²) in [6.45, 7) is 2.46. The van der Waals surface area contributed by atoms with Crippen LogP contribution in [0, 0.1) is 0 Å². The molecule has 0 bridgehead atoms. The maximum absolute atomic E-state index is 12.2. The molecule has 0 saturated carbocycles. The fraction of sp³-hybridized carbons (Fsp3) is 0.231. The van der Waals surface area contributed by atoms with E-state index in [1.165, 1.54) is 41.2 Å². The molecule has 1 N–H and O–H groups in total. The van der Waals surface area contributed by atoms with Crippen molar-refractivity contribution >= 4 is 27.3 Å². The number of halogens is 1. The largest absolute Gasteiger partial charge is 0.313 e. The van der Waals surface area contributed by atoms with Crippen LogP contribution in [-0.4, -0.2) is 18.0 Å². The number of nitrogens with zero attached hydrogens (tertiary/aromatic N) is 2. The van der Waals surface area contributed by atoms with Crippen molar-refractivity contribution < 1.29 is 8.42 Å². The average Bonchev–Trinajstić information content (AvgIpc) is 2.42. The number of anilines is 1. The number of aryl methyl sites for hydroxylation is 1. The molecule has 0 aliphatic rings. The van der Waals surface area contributed by atoms with Crippen LogP contribution in [0.1, 0.15) is 13.3 Å². The highest BCUT2D eigenvalue weighted by Gasteiger charge is 2.15. The Morgan fingerprint density at radius 1 is 1.33 bits per heavy atom. The van der Waals surface area contributed by atoms with Gasteiger partial charge in [0.2, 0.25) is 0 Å². The van der Waals surface area contributed by atoms with E-state index in [2.05, 4.69) is 9.71 Å². The number of rotatable bonds is 5. The van der Waals surface area contributed by atoms with E-state index in [9.17, 15) is 13.2 Å². The molecule has 0 atom stereocenters. The van der Waals surface area contributed by atoms with E-state index >= 15 is 0 Å². The summed E-state index contributed by atoms with van der Waals surface area (Å²) in [6.07, 6.45) is 3.57. The third-order valence-electron chi connectivity index (χ3n) is 2.71. The van der Waals surface area contributed by atoms with Crippen molar-refractivity contribution in [1.29, 1.82) is 0 Å².